The maximum Gasteiger partial charge on any atom is 0.243 e. The number of aryl methyl sites for hydroxylation is 1. The van der Waals surface area contributed by atoms with Crippen molar-refractivity contribution in [2.75, 3.05) is 17.5 Å². The Morgan fingerprint density at radius 2 is 1.75 bits per heavy atom. The van der Waals surface area contributed by atoms with E-state index in [9.17, 15) is 14.7 Å². The van der Waals surface area contributed by atoms with E-state index >= 15 is 0 Å². The zero-order valence-corrected chi connectivity index (χ0v) is 27.5. The molecule has 1 aromatic carbocycles. The molecule has 2 heterocycles. The molecule has 1 saturated heterocycles. The minimum atomic E-state index is -0.700. The number of alkyl halides is 1. The van der Waals surface area contributed by atoms with Crippen molar-refractivity contribution in [2.24, 2.45) is 5.41 Å². The van der Waals surface area contributed by atoms with E-state index in [4.69, 9.17) is 0 Å². The van der Waals surface area contributed by atoms with Crippen molar-refractivity contribution in [1.82, 2.24) is 20.5 Å². The lowest BCUT2D eigenvalue weighted by Crippen LogP contribution is -2.56. The van der Waals surface area contributed by atoms with E-state index in [1.54, 1.807) is 16.2 Å². The van der Waals surface area contributed by atoms with Gasteiger partial charge in [0.25, 0.3) is 0 Å². The molecule has 0 aliphatic carbocycles. The van der Waals surface area contributed by atoms with Crippen LogP contribution in [0.25, 0.3) is 10.4 Å². The zero-order valence-electron chi connectivity index (χ0n) is 24.5. The average Bonchev–Trinajstić information content (AvgIpc) is 3.53. The van der Waals surface area contributed by atoms with E-state index in [-0.39, 0.29) is 30.2 Å². The van der Waals surface area contributed by atoms with Gasteiger partial charge in [-0.1, -0.05) is 99.7 Å². The van der Waals surface area contributed by atoms with Crippen molar-refractivity contribution in [2.45, 2.75) is 104 Å². The summed E-state index contributed by atoms with van der Waals surface area (Å²) in [6.45, 7) is 9.47. The van der Waals surface area contributed by atoms with Crippen LogP contribution in [0.5, 0.6) is 0 Å². The van der Waals surface area contributed by atoms with Crippen molar-refractivity contribution in [3.8, 4) is 10.4 Å². The summed E-state index contributed by atoms with van der Waals surface area (Å²) in [6.07, 6.45) is 8.17. The Kier molecular flexibility index (Phi) is 13.3. The number of nitrogens with zero attached hydrogens (tertiary/aromatic N) is 2. The first-order valence-corrected chi connectivity index (χ1v) is 17.1. The predicted molar refractivity (Wildman–Crippen MR) is 173 cm³/mol. The molecule has 3 rings (SSSR count). The highest BCUT2D eigenvalue weighted by Crippen LogP contribution is 2.28. The highest BCUT2D eigenvalue weighted by molar-refractivity contribution is 14.1. The monoisotopic (exact) mass is 682 g/mol. The van der Waals surface area contributed by atoms with Gasteiger partial charge in [0, 0.05) is 19.5 Å². The molecular weight excluding hydrogens is 635 g/mol. The van der Waals surface area contributed by atoms with Crippen molar-refractivity contribution in [3.63, 3.8) is 0 Å². The molecule has 7 nitrogen and oxygen atoms in total. The van der Waals surface area contributed by atoms with E-state index in [0.29, 0.717) is 6.54 Å². The molecule has 1 aliphatic rings. The SMILES string of the molecule is Cc1ncsc1-c1ccc(CNC(=O)C2CC(O)CN2C(=O)C(NCCCCCCCCCI)C(C)(C)C)cc1. The number of aliphatic hydroxyl groups is 1. The Bertz CT molecular complexity index is 1070. The molecular formula is C31H47IN4O3S. The van der Waals surface area contributed by atoms with Crippen LogP contribution in [0.15, 0.2) is 29.8 Å². The molecule has 1 aliphatic heterocycles. The number of thiazole rings is 1. The third-order valence-electron chi connectivity index (χ3n) is 7.56. The first-order valence-electron chi connectivity index (χ1n) is 14.7. The second kappa shape index (κ2) is 16.2. The molecule has 40 heavy (non-hydrogen) atoms. The van der Waals surface area contributed by atoms with Crippen LogP contribution < -0.4 is 10.6 Å². The molecule has 0 bridgehead atoms. The van der Waals surface area contributed by atoms with Crippen LogP contribution in [0.3, 0.4) is 0 Å². The number of benzene rings is 1. The fraction of sp³-hybridized carbons (Fsp3) is 0.645. The number of hydrogen-bond acceptors (Lipinski definition) is 6. The topological polar surface area (TPSA) is 94.6 Å². The molecule has 1 aromatic heterocycles. The van der Waals surface area contributed by atoms with Gasteiger partial charge < -0.3 is 20.6 Å². The first-order chi connectivity index (χ1) is 19.1. The highest BCUT2D eigenvalue weighted by atomic mass is 127. The molecule has 0 saturated carbocycles. The second-order valence-electron chi connectivity index (χ2n) is 12.0. The summed E-state index contributed by atoms with van der Waals surface area (Å²) in [5.41, 5.74) is 4.63. The summed E-state index contributed by atoms with van der Waals surface area (Å²) in [6, 6.07) is 7.01. The van der Waals surface area contributed by atoms with Crippen LogP contribution in [0.4, 0.5) is 0 Å². The number of unbranched alkanes of at least 4 members (excludes halogenated alkanes) is 6. The second-order valence-corrected chi connectivity index (χ2v) is 13.9. The molecule has 3 atom stereocenters. The summed E-state index contributed by atoms with van der Waals surface area (Å²) in [5, 5.41) is 16.9. The minimum absolute atomic E-state index is 0.104. The van der Waals surface area contributed by atoms with Gasteiger partial charge in [-0.15, -0.1) is 11.3 Å². The Morgan fingerprint density at radius 3 is 2.35 bits per heavy atom. The molecule has 2 amide bonds. The lowest BCUT2D eigenvalue weighted by atomic mass is 9.85. The fourth-order valence-electron chi connectivity index (χ4n) is 5.25. The van der Waals surface area contributed by atoms with Crippen LogP contribution in [-0.4, -0.2) is 62.5 Å². The Morgan fingerprint density at radius 1 is 1.10 bits per heavy atom. The minimum Gasteiger partial charge on any atom is -0.391 e. The van der Waals surface area contributed by atoms with Crippen LogP contribution in [-0.2, 0) is 16.1 Å². The maximum atomic E-state index is 13.7. The van der Waals surface area contributed by atoms with Crippen molar-refractivity contribution < 1.29 is 14.7 Å². The van der Waals surface area contributed by atoms with Crippen LogP contribution in [0.1, 0.15) is 83.4 Å². The number of aliphatic hydroxyl groups excluding tert-OH is 1. The van der Waals surface area contributed by atoms with E-state index < -0.39 is 18.2 Å². The molecule has 0 radical (unpaired) electrons. The number of likely N-dealkylation sites (tertiary alicyclic amines) is 1. The quantitative estimate of drug-likeness (QED) is 0.124. The van der Waals surface area contributed by atoms with Crippen molar-refractivity contribution >= 4 is 45.7 Å². The van der Waals surface area contributed by atoms with Gasteiger partial charge in [-0.3, -0.25) is 9.59 Å². The molecule has 1 fully saturated rings. The smallest absolute Gasteiger partial charge is 0.243 e. The normalized spacial score (nSPS) is 18.2. The molecule has 3 unspecified atom stereocenters. The lowest BCUT2D eigenvalue weighted by molar-refractivity contribution is -0.142. The fourth-order valence-corrected chi connectivity index (χ4v) is 6.60. The van der Waals surface area contributed by atoms with E-state index in [1.165, 1.54) is 36.5 Å². The van der Waals surface area contributed by atoms with Crippen molar-refractivity contribution in [1.29, 1.82) is 0 Å². The van der Waals surface area contributed by atoms with Crippen molar-refractivity contribution in [3.05, 3.63) is 41.0 Å². The Labute approximate surface area is 258 Å². The third-order valence-corrected chi connectivity index (χ3v) is 9.31. The summed E-state index contributed by atoms with van der Waals surface area (Å²) in [4.78, 5) is 34.0. The van der Waals surface area contributed by atoms with Gasteiger partial charge >= 0.3 is 0 Å². The molecule has 9 heteroatoms. The average molecular weight is 683 g/mol. The standard InChI is InChI=1S/C31H47IN4O3S/c1-22-27(40-21-35-22)24-14-12-23(13-15-24)19-34-29(38)26-18-25(37)20-36(26)30(39)28(31(2,3)4)33-17-11-9-7-5-6-8-10-16-32/h12-15,21,25-26,28,33,37H,5-11,16-20H2,1-4H3,(H,34,38). The number of rotatable bonds is 15. The van der Waals surface area contributed by atoms with E-state index in [2.05, 4.69) is 59.0 Å². The number of carbonyl (C=O) groups is 2. The molecule has 0 spiro atoms. The van der Waals surface area contributed by atoms with Gasteiger partial charge in [0.15, 0.2) is 0 Å². The molecule has 2 aromatic rings. The number of aromatic nitrogens is 1. The predicted octanol–water partition coefficient (Wildman–Crippen LogP) is 5.87. The van der Waals surface area contributed by atoms with Crippen LogP contribution in [0.2, 0.25) is 0 Å². The summed E-state index contributed by atoms with van der Waals surface area (Å²) < 4.78 is 1.24. The van der Waals surface area contributed by atoms with Gasteiger partial charge in [-0.25, -0.2) is 4.98 Å². The lowest BCUT2D eigenvalue weighted by Gasteiger charge is -2.35. The van der Waals surface area contributed by atoms with E-state index in [0.717, 1.165) is 41.1 Å². The third kappa shape index (κ3) is 9.77. The van der Waals surface area contributed by atoms with Gasteiger partial charge in [0.05, 0.1) is 28.2 Å². The van der Waals surface area contributed by atoms with Gasteiger partial charge in [0.1, 0.15) is 6.04 Å². The number of β-amino-alcohol motifs (C(OH)–C–C–N with tert-alkyl or cyclic N) is 1. The number of halogens is 1. The maximum absolute atomic E-state index is 13.7. The number of nitrogens with one attached hydrogen (secondary N) is 2. The number of amides is 2. The summed E-state index contributed by atoms with van der Waals surface area (Å²) in [7, 11) is 0. The summed E-state index contributed by atoms with van der Waals surface area (Å²) >= 11 is 4.05. The first kappa shape index (κ1) is 32.9. The summed E-state index contributed by atoms with van der Waals surface area (Å²) in [5.74, 6) is -0.324. The van der Waals surface area contributed by atoms with Crippen LogP contribution in [0, 0.1) is 12.3 Å². The Balaban J connectivity index is 1.53. The van der Waals surface area contributed by atoms with E-state index in [1.807, 2.05) is 36.7 Å². The molecule has 222 valence electrons. The van der Waals surface area contributed by atoms with Gasteiger partial charge in [-0.05, 0) is 47.3 Å². The largest absolute Gasteiger partial charge is 0.391 e. The molecule has 3 N–H and O–H groups in total. The Hall–Kier alpha value is -1.56. The number of carbonyl (C=O) groups excluding carboxylic acids is 2. The van der Waals surface area contributed by atoms with Gasteiger partial charge in [-0.2, -0.15) is 0 Å². The van der Waals surface area contributed by atoms with Gasteiger partial charge in [0.2, 0.25) is 11.8 Å². The highest BCUT2D eigenvalue weighted by Gasteiger charge is 2.43. The number of hydrogen-bond donors (Lipinski definition) is 3. The zero-order chi connectivity index (χ0) is 29.1. The van der Waals surface area contributed by atoms with Crippen LogP contribution >= 0.6 is 33.9 Å².